The maximum absolute atomic E-state index is 13.6. The average molecular weight is 297 g/mol. The number of hydrogen-bond donors (Lipinski definition) is 0. The van der Waals surface area contributed by atoms with Crippen LogP contribution in [0.4, 0.5) is 4.39 Å². The molecule has 0 fully saturated rings. The lowest BCUT2D eigenvalue weighted by atomic mass is 10.1. The second-order valence-electron chi connectivity index (χ2n) is 2.88. The molecule has 0 spiro atoms. The van der Waals surface area contributed by atoms with Gasteiger partial charge in [0.15, 0.2) is 0 Å². The van der Waals surface area contributed by atoms with Crippen LogP contribution in [-0.4, -0.2) is 0 Å². The largest absolute Gasteiger partial charge is 0.205 e. The molecule has 0 saturated heterocycles. The normalized spacial score (nSPS) is 10.1. The second-order valence-corrected chi connectivity index (χ2v) is 4.04. The van der Waals surface area contributed by atoms with Crippen molar-refractivity contribution in [1.82, 2.24) is 0 Å². The van der Waals surface area contributed by atoms with E-state index in [1.165, 1.54) is 0 Å². The number of halogens is 2. The summed E-state index contributed by atoms with van der Waals surface area (Å²) in [5, 5.41) is 10.1. The van der Waals surface area contributed by atoms with Crippen LogP contribution in [0, 0.1) is 20.7 Å². The van der Waals surface area contributed by atoms with Crippen molar-refractivity contribution in [3.63, 3.8) is 0 Å². The Balaban J connectivity index is 2.99. The Kier molecular flexibility index (Phi) is 2.38. The van der Waals surface area contributed by atoms with Crippen molar-refractivity contribution in [2.45, 2.75) is 0 Å². The zero-order valence-corrected chi connectivity index (χ0v) is 9.25. The van der Waals surface area contributed by atoms with Gasteiger partial charge in [-0.05, 0) is 28.7 Å². The van der Waals surface area contributed by atoms with Crippen LogP contribution in [0.15, 0.2) is 30.3 Å². The summed E-state index contributed by atoms with van der Waals surface area (Å²) >= 11 is 1.90. The SMILES string of the molecule is N#Cc1cc(I)c(F)c2ccccc12. The second kappa shape index (κ2) is 3.54. The van der Waals surface area contributed by atoms with Crippen LogP contribution >= 0.6 is 22.6 Å². The Morgan fingerprint density at radius 3 is 2.50 bits per heavy atom. The zero-order valence-electron chi connectivity index (χ0n) is 7.09. The number of rotatable bonds is 0. The molecular weight excluding hydrogens is 292 g/mol. The monoisotopic (exact) mass is 297 g/mol. The summed E-state index contributed by atoms with van der Waals surface area (Å²) < 4.78 is 14.1. The predicted octanol–water partition coefficient (Wildman–Crippen LogP) is 3.46. The van der Waals surface area contributed by atoms with E-state index in [0.717, 1.165) is 0 Å². The van der Waals surface area contributed by atoms with E-state index in [4.69, 9.17) is 5.26 Å². The number of fused-ring (bicyclic) bond motifs is 1. The first-order valence-electron chi connectivity index (χ1n) is 4.01. The van der Waals surface area contributed by atoms with Crippen LogP contribution < -0.4 is 0 Å². The van der Waals surface area contributed by atoms with Gasteiger partial charge in [0.2, 0.25) is 0 Å². The third-order valence-electron chi connectivity index (χ3n) is 2.05. The molecule has 0 aromatic heterocycles. The van der Waals surface area contributed by atoms with Gasteiger partial charge in [-0.3, -0.25) is 0 Å². The van der Waals surface area contributed by atoms with Crippen molar-refractivity contribution >= 4 is 33.4 Å². The molecule has 3 heteroatoms. The molecule has 0 radical (unpaired) electrons. The fourth-order valence-electron chi connectivity index (χ4n) is 1.40. The van der Waals surface area contributed by atoms with Gasteiger partial charge in [0.25, 0.3) is 0 Å². The van der Waals surface area contributed by atoms with Crippen LogP contribution in [0.1, 0.15) is 5.56 Å². The minimum absolute atomic E-state index is 0.250. The number of nitriles is 1. The van der Waals surface area contributed by atoms with E-state index in [9.17, 15) is 4.39 Å². The molecule has 0 atom stereocenters. The Bertz CT molecular complexity index is 543. The van der Waals surface area contributed by atoms with Crippen molar-refractivity contribution in [2.75, 3.05) is 0 Å². The van der Waals surface area contributed by atoms with E-state index in [1.807, 2.05) is 22.6 Å². The van der Waals surface area contributed by atoms with Crippen molar-refractivity contribution in [3.05, 3.63) is 45.3 Å². The lowest BCUT2D eigenvalue weighted by Gasteiger charge is -2.03. The van der Waals surface area contributed by atoms with Gasteiger partial charge in [-0.1, -0.05) is 24.3 Å². The Labute approximate surface area is 94.3 Å². The van der Waals surface area contributed by atoms with Gasteiger partial charge < -0.3 is 0 Å². The van der Waals surface area contributed by atoms with Gasteiger partial charge in [0.05, 0.1) is 15.2 Å². The van der Waals surface area contributed by atoms with E-state index in [2.05, 4.69) is 6.07 Å². The molecule has 0 aliphatic heterocycles. The maximum Gasteiger partial charge on any atom is 0.144 e. The zero-order chi connectivity index (χ0) is 10.1. The van der Waals surface area contributed by atoms with E-state index in [-0.39, 0.29) is 5.82 Å². The highest BCUT2D eigenvalue weighted by molar-refractivity contribution is 14.1. The number of nitrogens with zero attached hydrogens (tertiary/aromatic N) is 1. The highest BCUT2D eigenvalue weighted by Gasteiger charge is 2.08. The lowest BCUT2D eigenvalue weighted by molar-refractivity contribution is 0.632. The Morgan fingerprint density at radius 2 is 1.86 bits per heavy atom. The van der Waals surface area contributed by atoms with Crippen LogP contribution in [-0.2, 0) is 0 Å². The summed E-state index contributed by atoms with van der Waals surface area (Å²) in [5.41, 5.74) is 0.520. The molecule has 14 heavy (non-hydrogen) atoms. The molecule has 1 nitrogen and oxygen atoms in total. The lowest BCUT2D eigenvalue weighted by Crippen LogP contribution is -1.88. The van der Waals surface area contributed by atoms with Crippen LogP contribution in [0.2, 0.25) is 0 Å². The van der Waals surface area contributed by atoms with Crippen molar-refractivity contribution in [3.8, 4) is 6.07 Å². The minimum atomic E-state index is -0.250. The number of benzene rings is 2. The molecule has 2 aromatic carbocycles. The number of hydrogen-bond acceptors (Lipinski definition) is 1. The fourth-order valence-corrected chi connectivity index (χ4v) is 2.00. The van der Waals surface area contributed by atoms with Crippen LogP contribution in [0.25, 0.3) is 10.8 Å². The molecule has 0 heterocycles. The first kappa shape index (κ1) is 9.41. The topological polar surface area (TPSA) is 23.8 Å². The minimum Gasteiger partial charge on any atom is -0.205 e. The molecule has 2 rings (SSSR count). The molecule has 0 aliphatic carbocycles. The van der Waals surface area contributed by atoms with Crippen molar-refractivity contribution in [1.29, 1.82) is 5.26 Å². The van der Waals surface area contributed by atoms with Gasteiger partial charge in [-0.2, -0.15) is 5.26 Å². The third-order valence-corrected chi connectivity index (χ3v) is 2.84. The molecule has 68 valence electrons. The predicted molar refractivity (Wildman–Crippen MR) is 61.3 cm³/mol. The highest BCUT2D eigenvalue weighted by atomic mass is 127. The first-order valence-corrected chi connectivity index (χ1v) is 5.09. The molecule has 0 N–H and O–H groups in total. The van der Waals surface area contributed by atoms with Gasteiger partial charge >= 0.3 is 0 Å². The Morgan fingerprint density at radius 1 is 1.21 bits per heavy atom. The summed E-state index contributed by atoms with van der Waals surface area (Å²) in [4.78, 5) is 0. The van der Waals surface area contributed by atoms with Gasteiger partial charge in [-0.25, -0.2) is 4.39 Å². The summed E-state index contributed by atoms with van der Waals surface area (Å²) in [6.07, 6.45) is 0. The van der Waals surface area contributed by atoms with Crippen LogP contribution in [0.5, 0.6) is 0 Å². The maximum atomic E-state index is 13.6. The fraction of sp³-hybridized carbons (Fsp3) is 0. The smallest absolute Gasteiger partial charge is 0.144 e. The van der Waals surface area contributed by atoms with Crippen molar-refractivity contribution in [2.24, 2.45) is 0 Å². The summed E-state index contributed by atoms with van der Waals surface area (Å²) in [7, 11) is 0. The average Bonchev–Trinajstić information content (AvgIpc) is 2.23. The quantitative estimate of drug-likeness (QED) is 0.683. The Hall–Kier alpha value is -1.15. The van der Waals surface area contributed by atoms with E-state index < -0.39 is 0 Å². The molecule has 0 saturated carbocycles. The summed E-state index contributed by atoms with van der Waals surface area (Å²) in [5.74, 6) is -0.250. The highest BCUT2D eigenvalue weighted by Crippen LogP contribution is 2.25. The molecule has 2 aromatic rings. The standard InChI is InChI=1S/C11H5FIN/c12-11-9-4-2-1-3-8(9)7(6-14)5-10(11)13/h1-5H. The molecule has 0 bridgehead atoms. The van der Waals surface area contributed by atoms with Gasteiger partial charge in [0.1, 0.15) is 5.82 Å². The molecule has 0 amide bonds. The summed E-state index contributed by atoms with van der Waals surface area (Å²) in [6, 6.07) is 10.6. The molecule has 0 aliphatic rings. The van der Waals surface area contributed by atoms with E-state index in [0.29, 0.717) is 19.9 Å². The molecular formula is C11H5FIN. The van der Waals surface area contributed by atoms with E-state index >= 15 is 0 Å². The van der Waals surface area contributed by atoms with E-state index in [1.54, 1.807) is 30.3 Å². The first-order chi connectivity index (χ1) is 6.74. The molecule has 0 unspecified atom stereocenters. The van der Waals surface area contributed by atoms with Crippen LogP contribution in [0.3, 0.4) is 0 Å². The summed E-state index contributed by atoms with van der Waals surface area (Å²) in [6.45, 7) is 0. The van der Waals surface area contributed by atoms with Gasteiger partial charge in [0, 0.05) is 10.8 Å². The van der Waals surface area contributed by atoms with Gasteiger partial charge in [-0.15, -0.1) is 0 Å². The third kappa shape index (κ3) is 1.36. The van der Waals surface area contributed by atoms with Crippen molar-refractivity contribution < 1.29 is 4.39 Å².